The number of benzene rings is 4. The molecule has 4 aromatic carbocycles. The Balaban J connectivity index is 1.83. The number of hydrogen-bond acceptors (Lipinski definition) is 0. The Labute approximate surface area is 185 Å². The van der Waals surface area contributed by atoms with Gasteiger partial charge in [-0.3, -0.25) is 0 Å². The van der Waals surface area contributed by atoms with E-state index in [1.165, 1.54) is 54.2 Å². The quantitative estimate of drug-likeness (QED) is 0.273. The third-order valence-corrected chi connectivity index (χ3v) is 7.54. The summed E-state index contributed by atoms with van der Waals surface area (Å²) in [7, 11) is 0. The average molecular weight is 447 g/mol. The monoisotopic (exact) mass is 446 g/mol. The summed E-state index contributed by atoms with van der Waals surface area (Å²) in [5.41, 5.74) is 8.88. The molecule has 30 heavy (non-hydrogen) atoms. The van der Waals surface area contributed by atoms with Gasteiger partial charge in [0.15, 0.2) is 0 Å². The molecule has 0 amide bonds. The lowest BCUT2D eigenvalue weighted by Crippen LogP contribution is -2.25. The van der Waals surface area contributed by atoms with E-state index in [4.69, 9.17) is 0 Å². The molecule has 0 aromatic heterocycles. The van der Waals surface area contributed by atoms with Gasteiger partial charge in [0, 0.05) is 4.48 Å². The van der Waals surface area contributed by atoms with Crippen LogP contribution in [-0.4, -0.2) is 0 Å². The SMILES string of the molecule is C=C/C=C\C1=C(Br)C2(c3ccccc31)c1ccccc1-c1c2ccc2ccccc12. The highest BCUT2D eigenvalue weighted by molar-refractivity contribution is 9.12. The fraction of sp³-hybridized carbons (Fsp3) is 0.0345. The van der Waals surface area contributed by atoms with Crippen molar-refractivity contribution in [3.05, 3.63) is 136 Å². The third kappa shape index (κ3) is 2.06. The number of allylic oxidation sites excluding steroid dienone is 5. The zero-order valence-electron chi connectivity index (χ0n) is 16.4. The van der Waals surface area contributed by atoms with Gasteiger partial charge in [0.1, 0.15) is 0 Å². The summed E-state index contributed by atoms with van der Waals surface area (Å²) in [6.45, 7) is 3.87. The molecule has 142 valence electrons. The van der Waals surface area contributed by atoms with Gasteiger partial charge < -0.3 is 0 Å². The molecule has 0 heterocycles. The lowest BCUT2D eigenvalue weighted by Gasteiger charge is -2.30. The van der Waals surface area contributed by atoms with Gasteiger partial charge in [0.2, 0.25) is 0 Å². The Bertz CT molecular complexity index is 1420. The maximum atomic E-state index is 4.10. The van der Waals surface area contributed by atoms with Crippen LogP contribution in [0.1, 0.15) is 22.3 Å². The van der Waals surface area contributed by atoms with E-state index < -0.39 is 0 Å². The molecule has 1 spiro atoms. The van der Waals surface area contributed by atoms with E-state index >= 15 is 0 Å². The van der Waals surface area contributed by atoms with E-state index in [9.17, 15) is 0 Å². The van der Waals surface area contributed by atoms with E-state index in [1.54, 1.807) is 0 Å². The normalized spacial score (nSPS) is 18.8. The van der Waals surface area contributed by atoms with Crippen LogP contribution in [0, 0.1) is 0 Å². The van der Waals surface area contributed by atoms with Crippen molar-refractivity contribution in [3.63, 3.8) is 0 Å². The Kier molecular flexibility index (Phi) is 3.78. The Morgan fingerprint density at radius 3 is 2.17 bits per heavy atom. The molecule has 4 aromatic rings. The van der Waals surface area contributed by atoms with Gasteiger partial charge in [-0.15, -0.1) is 0 Å². The summed E-state index contributed by atoms with van der Waals surface area (Å²) in [6.07, 6.45) is 6.03. The fourth-order valence-electron chi connectivity index (χ4n) is 5.38. The second kappa shape index (κ2) is 6.42. The van der Waals surface area contributed by atoms with Crippen LogP contribution < -0.4 is 0 Å². The second-order valence-electron chi connectivity index (χ2n) is 7.87. The summed E-state index contributed by atoms with van der Waals surface area (Å²) in [5, 5.41) is 2.59. The lowest BCUT2D eigenvalue weighted by molar-refractivity contribution is 0.812. The van der Waals surface area contributed by atoms with Crippen molar-refractivity contribution in [1.29, 1.82) is 0 Å². The fourth-order valence-corrected chi connectivity index (χ4v) is 6.37. The Hall–Kier alpha value is -3.16. The van der Waals surface area contributed by atoms with Crippen LogP contribution in [0.25, 0.3) is 27.5 Å². The van der Waals surface area contributed by atoms with Gasteiger partial charge >= 0.3 is 0 Å². The van der Waals surface area contributed by atoms with E-state index in [1.807, 2.05) is 12.2 Å². The van der Waals surface area contributed by atoms with Crippen LogP contribution in [0.4, 0.5) is 0 Å². The van der Waals surface area contributed by atoms with Crippen LogP contribution in [0.3, 0.4) is 0 Å². The maximum absolute atomic E-state index is 4.10. The molecule has 0 bridgehead atoms. The summed E-state index contributed by atoms with van der Waals surface area (Å²) in [5.74, 6) is 0. The van der Waals surface area contributed by atoms with Crippen molar-refractivity contribution in [2.24, 2.45) is 0 Å². The summed E-state index contributed by atoms with van der Waals surface area (Å²) in [4.78, 5) is 0. The number of fused-ring (bicyclic) bond motifs is 9. The van der Waals surface area contributed by atoms with Crippen LogP contribution in [0.2, 0.25) is 0 Å². The molecule has 2 aliphatic rings. The highest BCUT2D eigenvalue weighted by atomic mass is 79.9. The Morgan fingerprint density at radius 1 is 0.700 bits per heavy atom. The Morgan fingerprint density at radius 2 is 1.37 bits per heavy atom. The summed E-state index contributed by atoms with van der Waals surface area (Å²) < 4.78 is 1.20. The maximum Gasteiger partial charge on any atom is 0.0791 e. The second-order valence-corrected chi connectivity index (χ2v) is 8.67. The smallest absolute Gasteiger partial charge is 0.0791 e. The van der Waals surface area contributed by atoms with Crippen molar-refractivity contribution in [3.8, 4) is 11.1 Å². The van der Waals surface area contributed by atoms with Crippen molar-refractivity contribution in [2.45, 2.75) is 5.41 Å². The van der Waals surface area contributed by atoms with Crippen molar-refractivity contribution >= 4 is 32.3 Å². The minimum absolute atomic E-state index is 0.326. The minimum atomic E-state index is -0.326. The molecule has 6 rings (SSSR count). The van der Waals surface area contributed by atoms with E-state index in [0.717, 1.165) is 0 Å². The molecule has 2 aliphatic carbocycles. The molecule has 0 nitrogen and oxygen atoms in total. The van der Waals surface area contributed by atoms with E-state index in [-0.39, 0.29) is 5.41 Å². The van der Waals surface area contributed by atoms with Gasteiger partial charge in [-0.25, -0.2) is 0 Å². The topological polar surface area (TPSA) is 0 Å². The molecule has 0 radical (unpaired) electrons. The van der Waals surface area contributed by atoms with Crippen molar-refractivity contribution in [1.82, 2.24) is 0 Å². The first-order chi connectivity index (χ1) is 14.8. The first-order valence-electron chi connectivity index (χ1n) is 10.2. The first-order valence-corrected chi connectivity index (χ1v) is 11.0. The molecule has 0 saturated heterocycles. The van der Waals surface area contributed by atoms with Crippen LogP contribution in [0.5, 0.6) is 0 Å². The predicted molar refractivity (Wildman–Crippen MR) is 131 cm³/mol. The zero-order chi connectivity index (χ0) is 20.3. The lowest BCUT2D eigenvalue weighted by atomic mass is 9.74. The van der Waals surface area contributed by atoms with E-state index in [0.29, 0.717) is 0 Å². The summed E-state index contributed by atoms with van der Waals surface area (Å²) in [6, 6.07) is 31.0. The molecule has 0 saturated carbocycles. The summed E-state index contributed by atoms with van der Waals surface area (Å²) >= 11 is 4.10. The highest BCUT2D eigenvalue weighted by Crippen LogP contribution is 2.64. The largest absolute Gasteiger partial charge is 0.0991 e. The molecule has 0 aliphatic heterocycles. The molecular formula is C29H19Br. The van der Waals surface area contributed by atoms with Gasteiger partial charge in [0.05, 0.1) is 5.41 Å². The van der Waals surface area contributed by atoms with E-state index in [2.05, 4.69) is 114 Å². The number of hydrogen-bond donors (Lipinski definition) is 0. The number of rotatable bonds is 2. The van der Waals surface area contributed by atoms with Gasteiger partial charge in [0.25, 0.3) is 0 Å². The molecule has 1 atom stereocenters. The molecular weight excluding hydrogens is 428 g/mol. The third-order valence-electron chi connectivity index (χ3n) is 6.52. The van der Waals surface area contributed by atoms with Crippen molar-refractivity contribution < 1.29 is 0 Å². The standard InChI is InChI=1S/C29H19Br/c1-2-3-11-22-21-13-6-8-15-24(21)29(28(22)30)25-16-9-7-14-23(25)27-20-12-5-4-10-19(20)17-18-26(27)29/h2-18H,1H2/b11-3-. The van der Waals surface area contributed by atoms with Gasteiger partial charge in [-0.2, -0.15) is 0 Å². The molecule has 0 N–H and O–H groups in total. The molecule has 0 fully saturated rings. The van der Waals surface area contributed by atoms with Crippen LogP contribution in [0.15, 0.2) is 114 Å². The minimum Gasteiger partial charge on any atom is -0.0991 e. The molecule has 1 heteroatoms. The molecule has 1 unspecified atom stereocenters. The highest BCUT2D eigenvalue weighted by Gasteiger charge is 2.52. The predicted octanol–water partition coefficient (Wildman–Crippen LogP) is 8.02. The van der Waals surface area contributed by atoms with Crippen LogP contribution in [-0.2, 0) is 5.41 Å². The zero-order valence-corrected chi connectivity index (χ0v) is 18.0. The van der Waals surface area contributed by atoms with Crippen LogP contribution >= 0.6 is 15.9 Å². The van der Waals surface area contributed by atoms with Gasteiger partial charge in [-0.05, 0) is 49.7 Å². The number of halogens is 1. The average Bonchev–Trinajstić information content (AvgIpc) is 3.24. The van der Waals surface area contributed by atoms with Gasteiger partial charge in [-0.1, -0.05) is 126 Å². The first kappa shape index (κ1) is 17.7. The van der Waals surface area contributed by atoms with Crippen molar-refractivity contribution in [2.75, 3.05) is 0 Å².